The molecule has 1 atom stereocenters. The predicted molar refractivity (Wildman–Crippen MR) is 74.6 cm³/mol. The van der Waals surface area contributed by atoms with Gasteiger partial charge in [0, 0.05) is 13.1 Å². The lowest BCUT2D eigenvalue weighted by Gasteiger charge is -2.19. The van der Waals surface area contributed by atoms with Gasteiger partial charge in [0.1, 0.15) is 0 Å². The molecule has 1 heterocycles. The lowest BCUT2D eigenvalue weighted by molar-refractivity contribution is 0.0762. The number of nitrogens with zero attached hydrogens (tertiary/aromatic N) is 1. The summed E-state index contributed by atoms with van der Waals surface area (Å²) in [6, 6.07) is 2.86. The Labute approximate surface area is 118 Å². The minimum atomic E-state index is -3.64. The van der Waals surface area contributed by atoms with E-state index in [2.05, 4.69) is 0 Å². The maximum Gasteiger partial charge on any atom is 0.243 e. The van der Waals surface area contributed by atoms with E-state index in [0.29, 0.717) is 23.6 Å². The third-order valence-corrected chi connectivity index (χ3v) is 5.65. The number of aliphatic hydroxyl groups is 1. The van der Waals surface area contributed by atoms with Gasteiger partial charge in [0.15, 0.2) is 0 Å². The number of aryl methyl sites for hydroxylation is 1. The monoisotopic (exact) mass is 304 g/mol. The first-order chi connectivity index (χ1) is 8.63. The molecule has 1 saturated heterocycles. The Hall–Kier alpha value is -0.820. The van der Waals surface area contributed by atoms with E-state index >= 15 is 0 Å². The molecular formula is C12H17ClN2O3S. The fourth-order valence-electron chi connectivity index (χ4n) is 2.17. The van der Waals surface area contributed by atoms with Gasteiger partial charge in [-0.1, -0.05) is 11.6 Å². The third kappa shape index (κ3) is 2.72. The Balaban J connectivity index is 2.41. The molecule has 0 bridgehead atoms. The smallest absolute Gasteiger partial charge is 0.243 e. The summed E-state index contributed by atoms with van der Waals surface area (Å²) in [6.07, 6.45) is 0.425. The lowest BCUT2D eigenvalue weighted by Crippen LogP contribution is -2.34. The van der Waals surface area contributed by atoms with Crippen molar-refractivity contribution in [3.05, 3.63) is 22.7 Å². The average molecular weight is 305 g/mol. The zero-order valence-corrected chi connectivity index (χ0v) is 12.4. The van der Waals surface area contributed by atoms with Crippen LogP contribution in [0.4, 0.5) is 5.69 Å². The largest absolute Gasteiger partial charge is 0.397 e. The second-order valence-electron chi connectivity index (χ2n) is 5.23. The molecule has 7 heteroatoms. The van der Waals surface area contributed by atoms with Gasteiger partial charge < -0.3 is 10.8 Å². The Morgan fingerprint density at radius 1 is 1.47 bits per heavy atom. The number of β-amino-alcohol motifs (C(OH)–C–C–N with tert-alkyl or cyclic N) is 1. The molecule has 5 nitrogen and oxygen atoms in total. The minimum Gasteiger partial charge on any atom is -0.397 e. The molecule has 1 fully saturated rings. The van der Waals surface area contributed by atoms with Crippen molar-refractivity contribution in [3.63, 3.8) is 0 Å². The van der Waals surface area contributed by atoms with Crippen molar-refractivity contribution in [2.24, 2.45) is 0 Å². The second kappa shape index (κ2) is 4.63. The van der Waals surface area contributed by atoms with Gasteiger partial charge in [0.25, 0.3) is 0 Å². The van der Waals surface area contributed by atoms with Crippen LogP contribution in [0.15, 0.2) is 17.0 Å². The fraction of sp³-hybridized carbons (Fsp3) is 0.500. The van der Waals surface area contributed by atoms with E-state index in [-0.39, 0.29) is 17.1 Å². The SMILES string of the molecule is Cc1cc(S(=O)(=O)N2CCC(C)(O)C2)cc(N)c1Cl. The van der Waals surface area contributed by atoms with Crippen LogP contribution in [0.5, 0.6) is 0 Å². The van der Waals surface area contributed by atoms with E-state index in [1.165, 1.54) is 16.4 Å². The Morgan fingerprint density at radius 2 is 2.11 bits per heavy atom. The summed E-state index contributed by atoms with van der Waals surface area (Å²) in [4.78, 5) is 0.115. The molecule has 3 N–H and O–H groups in total. The summed E-state index contributed by atoms with van der Waals surface area (Å²) in [5, 5.41) is 10.2. The number of halogens is 1. The number of sulfonamides is 1. The van der Waals surface area contributed by atoms with Crippen LogP contribution in [0.1, 0.15) is 18.9 Å². The summed E-state index contributed by atoms with van der Waals surface area (Å²) in [5.74, 6) is 0. The molecule has 1 unspecified atom stereocenters. The number of anilines is 1. The third-order valence-electron chi connectivity index (χ3n) is 3.31. The van der Waals surface area contributed by atoms with Crippen LogP contribution in [-0.2, 0) is 10.0 Å². The molecule has 0 saturated carbocycles. The summed E-state index contributed by atoms with van der Waals surface area (Å²) in [5.41, 5.74) is 5.59. The van der Waals surface area contributed by atoms with Crippen LogP contribution in [0.2, 0.25) is 5.02 Å². The number of nitrogens with two attached hydrogens (primary N) is 1. The molecule has 1 aliphatic heterocycles. The van der Waals surface area contributed by atoms with Crippen LogP contribution >= 0.6 is 11.6 Å². The number of hydrogen-bond acceptors (Lipinski definition) is 4. The molecule has 0 aromatic heterocycles. The molecule has 0 radical (unpaired) electrons. The first kappa shape index (κ1) is 14.6. The molecular weight excluding hydrogens is 288 g/mol. The zero-order valence-electron chi connectivity index (χ0n) is 10.9. The van der Waals surface area contributed by atoms with Crippen molar-refractivity contribution in [2.45, 2.75) is 30.8 Å². The quantitative estimate of drug-likeness (QED) is 0.809. The van der Waals surface area contributed by atoms with Crippen molar-refractivity contribution in [1.82, 2.24) is 4.31 Å². The summed E-state index contributed by atoms with van der Waals surface area (Å²) >= 11 is 5.93. The van der Waals surface area contributed by atoms with Crippen molar-refractivity contribution < 1.29 is 13.5 Å². The number of rotatable bonds is 2. The van der Waals surface area contributed by atoms with Gasteiger partial charge in [0.2, 0.25) is 10.0 Å². The van der Waals surface area contributed by atoms with Crippen LogP contribution in [0, 0.1) is 6.92 Å². The molecule has 0 spiro atoms. The van der Waals surface area contributed by atoms with Crippen LogP contribution in [-0.4, -0.2) is 36.5 Å². The predicted octanol–water partition coefficient (Wildman–Crippen LogP) is 1.38. The van der Waals surface area contributed by atoms with Gasteiger partial charge in [0.05, 0.1) is 21.2 Å². The summed E-state index contributed by atoms with van der Waals surface area (Å²) < 4.78 is 26.2. The standard InChI is InChI=1S/C12H17ClN2O3S/c1-8-5-9(6-10(14)11(8)13)19(17,18)15-4-3-12(2,16)7-15/h5-6,16H,3-4,7,14H2,1-2H3. The Bertz CT molecular complexity index is 590. The highest BCUT2D eigenvalue weighted by molar-refractivity contribution is 7.89. The van der Waals surface area contributed by atoms with Gasteiger partial charge in [-0.05, 0) is 38.0 Å². The van der Waals surface area contributed by atoms with Crippen molar-refractivity contribution in [3.8, 4) is 0 Å². The average Bonchev–Trinajstić information content (AvgIpc) is 2.66. The van der Waals surface area contributed by atoms with Crippen LogP contribution in [0.25, 0.3) is 0 Å². The molecule has 1 aliphatic rings. The van der Waals surface area contributed by atoms with Gasteiger partial charge in [-0.15, -0.1) is 0 Å². The van der Waals surface area contributed by atoms with Crippen molar-refractivity contribution in [2.75, 3.05) is 18.8 Å². The summed E-state index contributed by atoms with van der Waals surface area (Å²) in [7, 11) is -3.64. The van der Waals surface area contributed by atoms with E-state index in [1.807, 2.05) is 0 Å². The van der Waals surface area contributed by atoms with Gasteiger partial charge in [-0.25, -0.2) is 8.42 Å². The first-order valence-corrected chi connectivity index (χ1v) is 7.73. The van der Waals surface area contributed by atoms with Gasteiger partial charge >= 0.3 is 0 Å². The van der Waals surface area contributed by atoms with Crippen LogP contribution in [0.3, 0.4) is 0 Å². The van der Waals surface area contributed by atoms with E-state index < -0.39 is 15.6 Å². The molecule has 1 aromatic rings. The zero-order chi connectivity index (χ0) is 14.4. The molecule has 106 valence electrons. The Morgan fingerprint density at radius 3 is 2.58 bits per heavy atom. The molecule has 0 aliphatic carbocycles. The normalized spacial score (nSPS) is 24.8. The lowest BCUT2D eigenvalue weighted by atomic mass is 10.1. The summed E-state index contributed by atoms with van der Waals surface area (Å²) in [6.45, 7) is 3.73. The number of nitrogen functional groups attached to an aromatic ring is 1. The Kier molecular flexibility index (Phi) is 3.55. The van der Waals surface area contributed by atoms with E-state index in [9.17, 15) is 13.5 Å². The van der Waals surface area contributed by atoms with Gasteiger partial charge in [-0.3, -0.25) is 0 Å². The van der Waals surface area contributed by atoms with Crippen molar-refractivity contribution >= 4 is 27.3 Å². The molecule has 19 heavy (non-hydrogen) atoms. The maximum absolute atomic E-state index is 12.5. The van der Waals surface area contributed by atoms with Gasteiger partial charge in [-0.2, -0.15) is 4.31 Å². The fourth-order valence-corrected chi connectivity index (χ4v) is 3.96. The molecule has 2 rings (SSSR count). The highest BCUT2D eigenvalue weighted by atomic mass is 35.5. The topological polar surface area (TPSA) is 83.6 Å². The maximum atomic E-state index is 12.5. The van der Waals surface area contributed by atoms with E-state index in [4.69, 9.17) is 17.3 Å². The second-order valence-corrected chi connectivity index (χ2v) is 7.54. The van der Waals surface area contributed by atoms with E-state index in [0.717, 1.165) is 0 Å². The highest BCUT2D eigenvalue weighted by Gasteiger charge is 2.38. The highest BCUT2D eigenvalue weighted by Crippen LogP contribution is 2.31. The number of benzene rings is 1. The van der Waals surface area contributed by atoms with Crippen molar-refractivity contribution in [1.29, 1.82) is 0 Å². The minimum absolute atomic E-state index is 0.0942. The molecule has 0 amide bonds. The number of hydrogen-bond donors (Lipinski definition) is 2. The molecule has 1 aromatic carbocycles. The van der Waals surface area contributed by atoms with E-state index in [1.54, 1.807) is 13.8 Å². The first-order valence-electron chi connectivity index (χ1n) is 5.92. The van der Waals surface area contributed by atoms with Crippen LogP contribution < -0.4 is 5.73 Å².